The van der Waals surface area contributed by atoms with Crippen molar-refractivity contribution >= 4 is 15.9 Å². The zero-order chi connectivity index (χ0) is 11.5. The molecule has 1 aliphatic heterocycles. The lowest BCUT2D eigenvalue weighted by molar-refractivity contribution is 0.218. The summed E-state index contributed by atoms with van der Waals surface area (Å²) >= 11 is 3.48. The SMILES string of the molecule is CNC(C1=CCCO1)c1ccc(Br)cc1C. The molecule has 1 aliphatic rings. The van der Waals surface area contributed by atoms with Crippen molar-refractivity contribution in [3.63, 3.8) is 0 Å². The van der Waals surface area contributed by atoms with Crippen LogP contribution in [0.15, 0.2) is 34.5 Å². The van der Waals surface area contributed by atoms with Gasteiger partial charge in [0.2, 0.25) is 0 Å². The van der Waals surface area contributed by atoms with Crippen LogP contribution < -0.4 is 5.32 Å². The number of halogens is 1. The first-order chi connectivity index (χ1) is 7.72. The summed E-state index contributed by atoms with van der Waals surface area (Å²) in [7, 11) is 1.97. The number of aryl methyl sites for hydroxylation is 1. The van der Waals surface area contributed by atoms with Gasteiger partial charge in [0, 0.05) is 10.9 Å². The molecule has 1 unspecified atom stereocenters. The lowest BCUT2D eigenvalue weighted by atomic mass is 10.00. The molecule has 0 aromatic heterocycles. The van der Waals surface area contributed by atoms with E-state index in [0.29, 0.717) is 0 Å². The average molecular weight is 282 g/mol. The van der Waals surface area contributed by atoms with Gasteiger partial charge in [-0.05, 0) is 43.3 Å². The highest BCUT2D eigenvalue weighted by atomic mass is 79.9. The first-order valence-corrected chi connectivity index (χ1v) is 6.28. The van der Waals surface area contributed by atoms with Crippen molar-refractivity contribution in [3.8, 4) is 0 Å². The molecule has 1 aromatic carbocycles. The Morgan fingerprint density at radius 1 is 1.44 bits per heavy atom. The fourth-order valence-electron chi connectivity index (χ4n) is 2.05. The number of rotatable bonds is 3. The van der Waals surface area contributed by atoms with Crippen molar-refractivity contribution in [1.29, 1.82) is 0 Å². The van der Waals surface area contributed by atoms with E-state index < -0.39 is 0 Å². The van der Waals surface area contributed by atoms with E-state index in [4.69, 9.17) is 4.74 Å². The summed E-state index contributed by atoms with van der Waals surface area (Å²) in [6.45, 7) is 2.93. The van der Waals surface area contributed by atoms with Crippen LogP contribution in [0, 0.1) is 6.92 Å². The van der Waals surface area contributed by atoms with Gasteiger partial charge in [0.1, 0.15) is 5.76 Å². The molecule has 2 nitrogen and oxygen atoms in total. The highest BCUT2D eigenvalue weighted by Crippen LogP contribution is 2.29. The standard InChI is InChI=1S/C13H16BrNO/c1-9-8-10(14)5-6-11(9)13(15-2)12-4-3-7-16-12/h4-6,8,13,15H,3,7H2,1-2H3. The fourth-order valence-corrected chi connectivity index (χ4v) is 2.53. The zero-order valence-electron chi connectivity index (χ0n) is 9.59. The predicted octanol–water partition coefficient (Wildman–Crippen LogP) is 3.32. The molecule has 1 aromatic rings. The topological polar surface area (TPSA) is 21.3 Å². The van der Waals surface area contributed by atoms with Gasteiger partial charge in [-0.3, -0.25) is 0 Å². The molecule has 0 saturated carbocycles. The lowest BCUT2D eigenvalue weighted by Crippen LogP contribution is -2.20. The molecule has 0 bridgehead atoms. The third-order valence-electron chi connectivity index (χ3n) is 2.85. The van der Waals surface area contributed by atoms with Crippen LogP contribution in [0.2, 0.25) is 0 Å². The maximum absolute atomic E-state index is 5.63. The Hall–Kier alpha value is -0.800. The lowest BCUT2D eigenvalue weighted by Gasteiger charge is -2.20. The van der Waals surface area contributed by atoms with Gasteiger partial charge in [-0.1, -0.05) is 22.0 Å². The minimum absolute atomic E-state index is 0.176. The van der Waals surface area contributed by atoms with E-state index in [1.54, 1.807) is 0 Å². The van der Waals surface area contributed by atoms with E-state index in [2.05, 4.69) is 52.4 Å². The molecule has 1 N–H and O–H groups in total. The molecule has 2 rings (SSSR count). The summed E-state index contributed by atoms with van der Waals surface area (Å²) in [5.74, 6) is 1.05. The number of likely N-dealkylation sites (N-methyl/N-ethyl adjacent to an activating group) is 1. The van der Waals surface area contributed by atoms with E-state index in [-0.39, 0.29) is 6.04 Å². The molecule has 0 radical (unpaired) electrons. The van der Waals surface area contributed by atoms with E-state index >= 15 is 0 Å². The van der Waals surface area contributed by atoms with Gasteiger partial charge in [-0.2, -0.15) is 0 Å². The fraction of sp³-hybridized carbons (Fsp3) is 0.385. The van der Waals surface area contributed by atoms with E-state index in [9.17, 15) is 0 Å². The number of ether oxygens (including phenoxy) is 1. The van der Waals surface area contributed by atoms with Crippen molar-refractivity contribution < 1.29 is 4.74 Å². The van der Waals surface area contributed by atoms with Crippen LogP contribution in [0.25, 0.3) is 0 Å². The Balaban J connectivity index is 2.32. The molecule has 86 valence electrons. The average Bonchev–Trinajstić information content (AvgIpc) is 2.75. The van der Waals surface area contributed by atoms with Crippen LogP contribution in [-0.2, 0) is 4.74 Å². The maximum Gasteiger partial charge on any atom is 0.114 e. The smallest absolute Gasteiger partial charge is 0.114 e. The Labute approximate surface area is 105 Å². The summed E-state index contributed by atoms with van der Waals surface area (Å²) in [4.78, 5) is 0. The number of nitrogens with one attached hydrogen (secondary N) is 1. The molecular formula is C13H16BrNO. The second-order valence-electron chi connectivity index (χ2n) is 3.97. The molecule has 3 heteroatoms. The molecule has 1 heterocycles. The van der Waals surface area contributed by atoms with Crippen LogP contribution in [0.3, 0.4) is 0 Å². The molecule has 0 amide bonds. The van der Waals surface area contributed by atoms with Crippen LogP contribution in [0.4, 0.5) is 0 Å². The Morgan fingerprint density at radius 2 is 2.25 bits per heavy atom. The van der Waals surface area contributed by atoms with Gasteiger partial charge in [0.15, 0.2) is 0 Å². The first kappa shape index (κ1) is 11.7. The third kappa shape index (κ3) is 2.30. The van der Waals surface area contributed by atoms with Crippen molar-refractivity contribution in [1.82, 2.24) is 5.32 Å². The summed E-state index contributed by atoms with van der Waals surface area (Å²) in [5, 5.41) is 3.31. The van der Waals surface area contributed by atoms with E-state index in [1.165, 1.54) is 11.1 Å². The van der Waals surface area contributed by atoms with Crippen molar-refractivity contribution in [2.75, 3.05) is 13.7 Å². The zero-order valence-corrected chi connectivity index (χ0v) is 11.2. The number of hydrogen-bond donors (Lipinski definition) is 1. The van der Waals surface area contributed by atoms with Gasteiger partial charge >= 0.3 is 0 Å². The quantitative estimate of drug-likeness (QED) is 0.918. The van der Waals surface area contributed by atoms with Gasteiger partial charge in [0.25, 0.3) is 0 Å². The first-order valence-electron chi connectivity index (χ1n) is 5.48. The van der Waals surface area contributed by atoms with Gasteiger partial charge in [-0.25, -0.2) is 0 Å². The van der Waals surface area contributed by atoms with E-state index in [0.717, 1.165) is 23.3 Å². The summed E-state index contributed by atoms with van der Waals surface area (Å²) < 4.78 is 6.75. The monoisotopic (exact) mass is 281 g/mol. The molecule has 16 heavy (non-hydrogen) atoms. The van der Waals surface area contributed by atoms with Crippen LogP contribution in [-0.4, -0.2) is 13.7 Å². The van der Waals surface area contributed by atoms with Crippen LogP contribution in [0.5, 0.6) is 0 Å². The third-order valence-corrected chi connectivity index (χ3v) is 3.34. The maximum atomic E-state index is 5.63. The minimum Gasteiger partial charge on any atom is -0.496 e. The highest BCUT2D eigenvalue weighted by molar-refractivity contribution is 9.10. The van der Waals surface area contributed by atoms with Gasteiger partial charge < -0.3 is 10.1 Å². The summed E-state index contributed by atoms with van der Waals surface area (Å²) in [6, 6.07) is 6.52. The summed E-state index contributed by atoms with van der Waals surface area (Å²) in [5.41, 5.74) is 2.55. The molecule has 0 saturated heterocycles. The van der Waals surface area contributed by atoms with Crippen LogP contribution >= 0.6 is 15.9 Å². The normalized spacial score (nSPS) is 16.8. The minimum atomic E-state index is 0.176. The second-order valence-corrected chi connectivity index (χ2v) is 4.88. The number of benzene rings is 1. The Kier molecular flexibility index (Phi) is 3.66. The van der Waals surface area contributed by atoms with Crippen molar-refractivity contribution in [2.45, 2.75) is 19.4 Å². The van der Waals surface area contributed by atoms with Gasteiger partial charge in [-0.15, -0.1) is 0 Å². The Bertz CT molecular complexity index is 414. The Morgan fingerprint density at radius 3 is 2.81 bits per heavy atom. The predicted molar refractivity (Wildman–Crippen MR) is 69.3 cm³/mol. The van der Waals surface area contributed by atoms with Crippen molar-refractivity contribution in [2.24, 2.45) is 0 Å². The molecule has 0 spiro atoms. The molecular weight excluding hydrogens is 266 g/mol. The number of hydrogen-bond acceptors (Lipinski definition) is 2. The van der Waals surface area contributed by atoms with E-state index in [1.807, 2.05) is 7.05 Å². The highest BCUT2D eigenvalue weighted by Gasteiger charge is 2.20. The van der Waals surface area contributed by atoms with Gasteiger partial charge in [0.05, 0.1) is 12.6 Å². The second kappa shape index (κ2) is 5.02. The van der Waals surface area contributed by atoms with Crippen molar-refractivity contribution in [3.05, 3.63) is 45.6 Å². The molecule has 0 aliphatic carbocycles. The van der Waals surface area contributed by atoms with Crippen LogP contribution in [0.1, 0.15) is 23.6 Å². The molecule has 1 atom stereocenters. The molecule has 0 fully saturated rings. The summed E-state index contributed by atoms with van der Waals surface area (Å²) in [6.07, 6.45) is 3.19. The largest absolute Gasteiger partial charge is 0.496 e.